The van der Waals surface area contributed by atoms with Gasteiger partial charge in [0, 0.05) is 25.5 Å². The van der Waals surface area contributed by atoms with Crippen molar-refractivity contribution in [3.8, 4) is 0 Å². The molecule has 2 N–H and O–H groups in total. The van der Waals surface area contributed by atoms with Gasteiger partial charge < -0.3 is 15.0 Å². The van der Waals surface area contributed by atoms with Gasteiger partial charge in [0.05, 0.1) is 6.61 Å². The highest BCUT2D eigenvalue weighted by atomic mass is 16.5. The van der Waals surface area contributed by atoms with E-state index in [2.05, 4.69) is 16.4 Å². The highest BCUT2D eigenvalue weighted by Gasteiger charge is 1.95. The van der Waals surface area contributed by atoms with Crippen molar-refractivity contribution < 1.29 is 4.74 Å². The summed E-state index contributed by atoms with van der Waals surface area (Å²) in [7, 11) is 3.63. The van der Waals surface area contributed by atoms with Gasteiger partial charge in [-0.3, -0.25) is 0 Å². The lowest BCUT2D eigenvalue weighted by molar-refractivity contribution is 0.185. The van der Waals surface area contributed by atoms with Crippen LogP contribution in [0.15, 0.2) is 12.3 Å². The standard InChI is InChI=1S/C8H14N2O/c1-9-5-8-3-7(4-10-8)6-11-2/h3-4,9-10H,5-6H2,1-2H3. The number of hydrogen-bond donors (Lipinski definition) is 2. The summed E-state index contributed by atoms with van der Waals surface area (Å²) >= 11 is 0. The zero-order valence-electron chi connectivity index (χ0n) is 6.98. The monoisotopic (exact) mass is 154 g/mol. The van der Waals surface area contributed by atoms with Gasteiger partial charge in [0.15, 0.2) is 0 Å². The predicted octanol–water partition coefficient (Wildman–Crippen LogP) is 0.880. The fraction of sp³-hybridized carbons (Fsp3) is 0.500. The molecule has 0 bridgehead atoms. The van der Waals surface area contributed by atoms with Gasteiger partial charge in [0.2, 0.25) is 0 Å². The van der Waals surface area contributed by atoms with Crippen LogP contribution in [-0.2, 0) is 17.9 Å². The molecule has 11 heavy (non-hydrogen) atoms. The number of nitrogens with one attached hydrogen (secondary N) is 2. The summed E-state index contributed by atoms with van der Waals surface area (Å²) in [4.78, 5) is 3.15. The molecule has 3 heteroatoms. The molecule has 0 saturated carbocycles. The zero-order chi connectivity index (χ0) is 8.10. The van der Waals surface area contributed by atoms with Crippen LogP contribution in [0.4, 0.5) is 0 Å². The Hall–Kier alpha value is -0.800. The van der Waals surface area contributed by atoms with Gasteiger partial charge in [-0.25, -0.2) is 0 Å². The van der Waals surface area contributed by atoms with Crippen molar-refractivity contribution in [2.24, 2.45) is 0 Å². The van der Waals surface area contributed by atoms with Crippen LogP contribution in [0.25, 0.3) is 0 Å². The molecule has 0 radical (unpaired) electrons. The lowest BCUT2D eigenvalue weighted by Gasteiger charge is -1.92. The third kappa shape index (κ3) is 2.37. The first-order chi connectivity index (χ1) is 5.36. The minimum atomic E-state index is 0.681. The summed E-state index contributed by atoms with van der Waals surface area (Å²) in [6.45, 7) is 1.56. The number of ether oxygens (including phenoxy) is 1. The van der Waals surface area contributed by atoms with Crippen LogP contribution in [0, 0.1) is 0 Å². The minimum Gasteiger partial charge on any atom is -0.380 e. The molecule has 0 aliphatic heterocycles. The van der Waals surface area contributed by atoms with Crippen molar-refractivity contribution in [2.45, 2.75) is 13.2 Å². The van der Waals surface area contributed by atoms with E-state index in [4.69, 9.17) is 4.74 Å². The molecule has 0 unspecified atom stereocenters. The van der Waals surface area contributed by atoms with Crippen molar-refractivity contribution >= 4 is 0 Å². The van der Waals surface area contributed by atoms with E-state index >= 15 is 0 Å². The topological polar surface area (TPSA) is 37.0 Å². The number of aromatic amines is 1. The van der Waals surface area contributed by atoms with Gasteiger partial charge >= 0.3 is 0 Å². The highest BCUT2D eigenvalue weighted by molar-refractivity contribution is 5.15. The Morgan fingerprint density at radius 2 is 2.45 bits per heavy atom. The smallest absolute Gasteiger partial charge is 0.0727 e. The van der Waals surface area contributed by atoms with Crippen molar-refractivity contribution in [3.63, 3.8) is 0 Å². The molecule has 1 heterocycles. The second kappa shape index (κ2) is 4.16. The average molecular weight is 154 g/mol. The maximum absolute atomic E-state index is 4.98. The average Bonchev–Trinajstić information content (AvgIpc) is 2.38. The molecule has 0 saturated heterocycles. The first-order valence-corrected chi connectivity index (χ1v) is 3.66. The van der Waals surface area contributed by atoms with Crippen LogP contribution in [-0.4, -0.2) is 19.1 Å². The summed E-state index contributed by atoms with van der Waals surface area (Å²) in [6.07, 6.45) is 1.97. The Labute approximate surface area is 66.8 Å². The van der Waals surface area contributed by atoms with Crippen molar-refractivity contribution in [3.05, 3.63) is 23.5 Å². The lowest BCUT2D eigenvalue weighted by Crippen LogP contribution is -2.04. The Morgan fingerprint density at radius 1 is 1.64 bits per heavy atom. The van der Waals surface area contributed by atoms with Crippen molar-refractivity contribution in [2.75, 3.05) is 14.2 Å². The van der Waals surface area contributed by atoms with Crippen LogP contribution in [0.1, 0.15) is 11.3 Å². The fourth-order valence-electron chi connectivity index (χ4n) is 1.04. The number of methoxy groups -OCH3 is 1. The maximum atomic E-state index is 4.98. The van der Waals surface area contributed by atoms with Crippen molar-refractivity contribution in [1.82, 2.24) is 10.3 Å². The second-order valence-electron chi connectivity index (χ2n) is 2.50. The van der Waals surface area contributed by atoms with Crippen LogP contribution >= 0.6 is 0 Å². The summed E-state index contributed by atoms with van der Waals surface area (Å²) < 4.78 is 4.98. The van der Waals surface area contributed by atoms with Gasteiger partial charge in [0.1, 0.15) is 0 Å². The molecular formula is C8H14N2O. The van der Waals surface area contributed by atoms with E-state index < -0.39 is 0 Å². The molecular weight excluding hydrogens is 140 g/mol. The van der Waals surface area contributed by atoms with E-state index in [0.717, 1.165) is 6.54 Å². The molecule has 0 aliphatic rings. The second-order valence-corrected chi connectivity index (χ2v) is 2.50. The fourth-order valence-corrected chi connectivity index (χ4v) is 1.04. The molecule has 1 rings (SSSR count). The van der Waals surface area contributed by atoms with Gasteiger partial charge in [-0.15, -0.1) is 0 Å². The Morgan fingerprint density at radius 3 is 3.09 bits per heavy atom. The van der Waals surface area contributed by atoms with Gasteiger partial charge in [0.25, 0.3) is 0 Å². The maximum Gasteiger partial charge on any atom is 0.0727 e. The van der Waals surface area contributed by atoms with E-state index in [1.54, 1.807) is 7.11 Å². The molecule has 3 nitrogen and oxygen atoms in total. The van der Waals surface area contributed by atoms with Crippen LogP contribution in [0.5, 0.6) is 0 Å². The van der Waals surface area contributed by atoms with Crippen molar-refractivity contribution in [1.29, 1.82) is 0 Å². The lowest BCUT2D eigenvalue weighted by atomic mass is 10.3. The molecule has 62 valence electrons. The summed E-state index contributed by atoms with van der Waals surface area (Å²) in [6, 6.07) is 2.10. The Bertz CT molecular complexity index is 187. The quantitative estimate of drug-likeness (QED) is 0.675. The molecule has 0 fully saturated rings. The first kappa shape index (κ1) is 8.30. The summed E-state index contributed by atoms with van der Waals surface area (Å²) in [5.41, 5.74) is 2.39. The number of aromatic nitrogens is 1. The SMILES string of the molecule is CNCc1cc(COC)c[nH]1. The largest absolute Gasteiger partial charge is 0.380 e. The normalized spacial score (nSPS) is 10.4. The third-order valence-electron chi connectivity index (χ3n) is 1.48. The number of rotatable bonds is 4. The van der Waals surface area contributed by atoms with E-state index in [1.807, 2.05) is 13.2 Å². The molecule has 1 aromatic rings. The molecule has 0 aromatic carbocycles. The van der Waals surface area contributed by atoms with Gasteiger partial charge in [-0.1, -0.05) is 0 Å². The van der Waals surface area contributed by atoms with Gasteiger partial charge in [-0.05, 0) is 18.7 Å². The molecule has 0 aliphatic carbocycles. The molecule has 0 spiro atoms. The summed E-state index contributed by atoms with van der Waals surface area (Å²) in [5.74, 6) is 0. The minimum absolute atomic E-state index is 0.681. The van der Waals surface area contributed by atoms with Gasteiger partial charge in [-0.2, -0.15) is 0 Å². The van der Waals surface area contributed by atoms with E-state index in [1.165, 1.54) is 11.3 Å². The number of hydrogen-bond acceptors (Lipinski definition) is 2. The first-order valence-electron chi connectivity index (χ1n) is 3.66. The number of H-pyrrole nitrogens is 1. The highest BCUT2D eigenvalue weighted by Crippen LogP contribution is 2.03. The third-order valence-corrected chi connectivity index (χ3v) is 1.48. The van der Waals surface area contributed by atoms with Crippen LogP contribution < -0.4 is 5.32 Å². The predicted molar refractivity (Wildman–Crippen MR) is 44.3 cm³/mol. The molecule has 0 atom stereocenters. The van der Waals surface area contributed by atoms with E-state index in [9.17, 15) is 0 Å². The van der Waals surface area contributed by atoms with E-state index in [-0.39, 0.29) is 0 Å². The Kier molecular flexibility index (Phi) is 3.14. The van der Waals surface area contributed by atoms with Crippen LogP contribution in [0.3, 0.4) is 0 Å². The van der Waals surface area contributed by atoms with E-state index in [0.29, 0.717) is 6.61 Å². The molecule has 1 aromatic heterocycles. The Balaban J connectivity index is 2.51. The summed E-state index contributed by atoms with van der Waals surface area (Å²) in [5, 5.41) is 3.07. The zero-order valence-corrected chi connectivity index (χ0v) is 6.98. The molecule has 0 amide bonds. The van der Waals surface area contributed by atoms with Crippen LogP contribution in [0.2, 0.25) is 0 Å².